The van der Waals surface area contributed by atoms with Crippen molar-refractivity contribution in [3.05, 3.63) is 15.3 Å². The van der Waals surface area contributed by atoms with E-state index in [9.17, 15) is 0 Å². The van der Waals surface area contributed by atoms with Crippen molar-refractivity contribution in [1.82, 2.24) is 0 Å². The van der Waals surface area contributed by atoms with E-state index in [-0.39, 0.29) is 34.1 Å². The quantitative estimate of drug-likeness (QED) is 0.234. The van der Waals surface area contributed by atoms with Crippen molar-refractivity contribution in [2.24, 2.45) is 0 Å². The standard InChI is InChI=1S/2Cu.NO3.H2O3S/c;;2-1(3)4;1-4(2)3/h;;;(H2,1,2,3)/q2*+1;-1;/p-2. The van der Waals surface area contributed by atoms with Crippen molar-refractivity contribution in [2.45, 2.75) is 0 Å². The molecule has 0 unspecified atom stereocenters. The van der Waals surface area contributed by atoms with Crippen molar-refractivity contribution in [3.63, 3.8) is 0 Å². The summed E-state index contributed by atoms with van der Waals surface area (Å²) in [6.07, 6.45) is 0. The monoisotopic (exact) mass is 268 g/mol. The van der Waals surface area contributed by atoms with Gasteiger partial charge in [-0.3, -0.25) is 4.21 Å². The molecule has 0 heterocycles. The molecule has 0 amide bonds. The summed E-state index contributed by atoms with van der Waals surface area (Å²) in [5, 5.41) is 14.8. The zero-order chi connectivity index (χ0) is 7.15. The van der Waals surface area contributed by atoms with E-state index in [1.807, 2.05) is 0 Å². The first-order valence-electron chi connectivity index (χ1n) is 1.05. The summed E-state index contributed by atoms with van der Waals surface area (Å²) in [4.78, 5) is 8.25. The van der Waals surface area contributed by atoms with Gasteiger partial charge in [-0.2, -0.15) is 0 Å². The molecule has 0 bridgehead atoms. The third kappa shape index (κ3) is 4650. The van der Waals surface area contributed by atoms with Gasteiger partial charge in [-0.25, -0.2) is 0 Å². The summed E-state index contributed by atoms with van der Waals surface area (Å²) in [5.74, 6) is 0. The number of hydrogen-bond acceptors (Lipinski definition) is 6. The molecule has 0 atom stereocenters. The molecule has 0 saturated carbocycles. The molecule has 70 valence electrons. The molecular weight excluding hydrogens is 269 g/mol. The maximum absolute atomic E-state index is 8.44. The van der Waals surface area contributed by atoms with Gasteiger partial charge in [0, 0.05) is 0 Å². The molecule has 10 heteroatoms. The van der Waals surface area contributed by atoms with Crippen LogP contribution in [0.2, 0.25) is 0 Å². The van der Waals surface area contributed by atoms with Gasteiger partial charge in [0.05, 0.1) is 5.09 Å². The fraction of sp³-hybridized carbons (Fsp3) is 0. The van der Waals surface area contributed by atoms with E-state index in [0.717, 1.165) is 0 Å². The van der Waals surface area contributed by atoms with E-state index in [0.29, 0.717) is 0 Å². The maximum Gasteiger partial charge on any atom is 1.00 e. The Kier molecular flexibility index (Phi) is 36.2. The van der Waals surface area contributed by atoms with Gasteiger partial charge in [-0.15, -0.1) is 11.4 Å². The predicted molar refractivity (Wildman–Crippen MR) is 20.1 cm³/mol. The van der Waals surface area contributed by atoms with Gasteiger partial charge >= 0.3 is 34.1 Å². The van der Waals surface area contributed by atoms with E-state index in [2.05, 4.69) is 0 Å². The van der Waals surface area contributed by atoms with Crippen LogP contribution in [-0.4, -0.2) is 18.4 Å². The molecular formula is Cu2NO6S-. The van der Waals surface area contributed by atoms with Gasteiger partial charge in [0.15, 0.2) is 0 Å². The fourth-order valence-corrected chi connectivity index (χ4v) is 0. The second kappa shape index (κ2) is 16.1. The van der Waals surface area contributed by atoms with Crippen molar-refractivity contribution in [1.29, 1.82) is 0 Å². The molecule has 0 fully saturated rings. The van der Waals surface area contributed by atoms with Crippen LogP contribution in [0.4, 0.5) is 0 Å². The van der Waals surface area contributed by atoms with Gasteiger partial charge in [0.2, 0.25) is 0 Å². The molecule has 0 aliphatic rings. The van der Waals surface area contributed by atoms with E-state index in [4.69, 9.17) is 28.6 Å². The SMILES string of the molecule is O=S([O-])[O-].O=[N+]([O-])[O-].[Cu+].[Cu+]. The van der Waals surface area contributed by atoms with Crippen molar-refractivity contribution in [2.75, 3.05) is 0 Å². The normalized spacial score (nSPS) is 5.90. The Bertz CT molecular complexity index is 73.7. The smallest absolute Gasteiger partial charge is 0.784 e. The summed E-state index contributed by atoms with van der Waals surface area (Å²) in [6.45, 7) is 0. The average molecular weight is 269 g/mol. The van der Waals surface area contributed by atoms with Crippen LogP contribution in [-0.2, 0) is 45.5 Å². The van der Waals surface area contributed by atoms with Crippen LogP contribution in [0.15, 0.2) is 0 Å². The van der Waals surface area contributed by atoms with Crippen molar-refractivity contribution < 1.29 is 52.5 Å². The molecule has 0 radical (unpaired) electrons. The fourth-order valence-electron chi connectivity index (χ4n) is 0. The van der Waals surface area contributed by atoms with Crippen LogP contribution in [0.25, 0.3) is 0 Å². The van der Waals surface area contributed by atoms with Crippen molar-refractivity contribution >= 4 is 11.4 Å². The third-order valence-corrected chi connectivity index (χ3v) is 0. The number of hydrogen-bond donors (Lipinski definition) is 0. The Morgan fingerprint density at radius 2 is 1.10 bits per heavy atom. The van der Waals surface area contributed by atoms with Crippen LogP contribution in [0.3, 0.4) is 0 Å². The zero-order valence-corrected chi connectivity index (χ0v) is 6.61. The van der Waals surface area contributed by atoms with Crippen molar-refractivity contribution in [3.8, 4) is 0 Å². The van der Waals surface area contributed by atoms with E-state index in [1.165, 1.54) is 0 Å². The van der Waals surface area contributed by atoms with Gasteiger partial charge in [0.1, 0.15) is 0 Å². The predicted octanol–water partition coefficient (Wildman–Crippen LogP) is -1.25. The van der Waals surface area contributed by atoms with Gasteiger partial charge < -0.3 is 24.4 Å². The number of rotatable bonds is 0. The topological polar surface area (TPSA) is 129 Å². The molecule has 0 aromatic rings. The minimum atomic E-state index is -3.11. The Balaban J connectivity index is -0.0000000300. The first-order valence-corrected chi connectivity index (χ1v) is 2.05. The Hall–Kier alpha value is 0.309. The van der Waals surface area contributed by atoms with E-state index < -0.39 is 16.4 Å². The average Bonchev–Trinajstić information content (AvgIpc) is 1.25. The van der Waals surface area contributed by atoms with E-state index >= 15 is 0 Å². The first kappa shape index (κ1) is 22.4. The Morgan fingerprint density at radius 3 is 1.10 bits per heavy atom. The van der Waals surface area contributed by atoms with Crippen LogP contribution in [0.5, 0.6) is 0 Å². The van der Waals surface area contributed by atoms with Gasteiger partial charge in [-0.1, -0.05) is 0 Å². The molecule has 10 heavy (non-hydrogen) atoms. The van der Waals surface area contributed by atoms with Gasteiger partial charge in [0.25, 0.3) is 0 Å². The minimum absolute atomic E-state index is 0. The molecule has 0 N–H and O–H groups in total. The molecule has 0 spiro atoms. The summed E-state index contributed by atoms with van der Waals surface area (Å²) < 4.78 is 25.3. The summed E-state index contributed by atoms with van der Waals surface area (Å²) in [6, 6.07) is 0. The molecule has 7 nitrogen and oxygen atoms in total. The summed E-state index contributed by atoms with van der Waals surface area (Å²) >= 11 is -3.11. The van der Waals surface area contributed by atoms with Crippen LogP contribution >= 0.6 is 0 Å². The second-order valence-corrected chi connectivity index (χ2v) is 0.836. The summed E-state index contributed by atoms with van der Waals surface area (Å²) in [5.41, 5.74) is 0. The maximum atomic E-state index is 8.44. The second-order valence-electron chi connectivity index (χ2n) is 0.428. The zero-order valence-electron chi connectivity index (χ0n) is 3.91. The molecule has 0 aliphatic carbocycles. The molecule has 0 aliphatic heterocycles. The Labute approximate surface area is 79.4 Å². The molecule has 0 aromatic carbocycles. The van der Waals surface area contributed by atoms with Crippen LogP contribution in [0.1, 0.15) is 0 Å². The van der Waals surface area contributed by atoms with Gasteiger partial charge in [-0.05, 0) is 0 Å². The number of nitrogens with zero attached hydrogens (tertiary/aromatic N) is 1. The third-order valence-electron chi connectivity index (χ3n) is 0. The minimum Gasteiger partial charge on any atom is -0.784 e. The molecule has 0 saturated heterocycles. The largest absolute Gasteiger partial charge is 1.00 e. The van der Waals surface area contributed by atoms with E-state index in [1.54, 1.807) is 0 Å². The first-order chi connectivity index (χ1) is 3.46. The molecule has 0 aromatic heterocycles. The summed E-state index contributed by atoms with van der Waals surface area (Å²) in [7, 11) is 0. The Morgan fingerprint density at radius 1 is 1.10 bits per heavy atom. The van der Waals surface area contributed by atoms with Crippen LogP contribution < -0.4 is 0 Å². The van der Waals surface area contributed by atoms with Crippen LogP contribution in [0, 0.1) is 15.3 Å². The molecule has 0 rings (SSSR count).